The van der Waals surface area contributed by atoms with E-state index < -0.39 is 5.60 Å². The molecule has 1 saturated carbocycles. The summed E-state index contributed by atoms with van der Waals surface area (Å²) in [5.41, 5.74) is -0.566. The maximum Gasteiger partial charge on any atom is 0.191 e. The van der Waals surface area contributed by atoms with E-state index in [1.807, 2.05) is 0 Å². The summed E-state index contributed by atoms with van der Waals surface area (Å²) < 4.78 is 5.49. The lowest BCUT2D eigenvalue weighted by Gasteiger charge is -2.36. The van der Waals surface area contributed by atoms with Crippen LogP contribution in [0.2, 0.25) is 0 Å². The lowest BCUT2D eigenvalue weighted by Crippen LogP contribution is -2.51. The van der Waals surface area contributed by atoms with E-state index >= 15 is 0 Å². The summed E-state index contributed by atoms with van der Waals surface area (Å²) in [7, 11) is 0. The fourth-order valence-electron chi connectivity index (χ4n) is 3.37. The largest absolute Gasteiger partial charge is 0.388 e. The number of halogens is 1. The van der Waals surface area contributed by atoms with E-state index in [4.69, 9.17) is 4.74 Å². The van der Waals surface area contributed by atoms with Crippen LogP contribution in [-0.2, 0) is 4.74 Å². The molecule has 2 fully saturated rings. The Kier molecular flexibility index (Phi) is 10.6. The van der Waals surface area contributed by atoms with Gasteiger partial charge in [0.25, 0.3) is 0 Å². The van der Waals surface area contributed by atoms with Gasteiger partial charge in [0.05, 0.1) is 25.4 Å². The molecule has 0 aromatic rings. The predicted molar refractivity (Wildman–Crippen MR) is 114 cm³/mol. The van der Waals surface area contributed by atoms with Crippen LogP contribution >= 0.6 is 24.0 Å². The standard InChI is InChI=1S/C18H36N4O2.HI/c1-4-19-17(21-14-18(23)6-5-7-18)20-13-16(12-15(2)3)22-8-10-24-11-9-22;/h15-16,23H,4-14H2,1-3H3,(H2,19,20,21);1H. The second-order valence-corrected chi connectivity index (χ2v) is 7.59. The number of nitrogens with zero attached hydrogens (tertiary/aromatic N) is 2. The molecule has 0 aromatic heterocycles. The van der Waals surface area contributed by atoms with E-state index in [2.05, 4.69) is 41.3 Å². The number of hydrogen-bond donors (Lipinski definition) is 3. The first kappa shape index (κ1) is 22.9. The number of guanidine groups is 1. The van der Waals surface area contributed by atoms with Gasteiger partial charge in [-0.3, -0.25) is 9.89 Å². The number of nitrogens with one attached hydrogen (secondary N) is 2. The van der Waals surface area contributed by atoms with E-state index in [-0.39, 0.29) is 24.0 Å². The minimum Gasteiger partial charge on any atom is -0.388 e. The van der Waals surface area contributed by atoms with E-state index in [9.17, 15) is 5.11 Å². The van der Waals surface area contributed by atoms with Gasteiger partial charge in [0.1, 0.15) is 0 Å². The van der Waals surface area contributed by atoms with Crippen LogP contribution in [0.5, 0.6) is 0 Å². The third kappa shape index (κ3) is 7.97. The van der Waals surface area contributed by atoms with Crippen molar-refractivity contribution >= 4 is 29.9 Å². The van der Waals surface area contributed by atoms with Crippen LogP contribution in [0, 0.1) is 5.92 Å². The maximum absolute atomic E-state index is 10.2. The van der Waals surface area contributed by atoms with Crippen LogP contribution in [0.4, 0.5) is 0 Å². The van der Waals surface area contributed by atoms with Crippen molar-refractivity contribution < 1.29 is 9.84 Å². The Balaban J connectivity index is 0.00000312. The number of ether oxygens (including phenoxy) is 1. The average molecular weight is 468 g/mol. The molecule has 7 heteroatoms. The molecule has 6 nitrogen and oxygen atoms in total. The van der Waals surface area contributed by atoms with Crippen molar-refractivity contribution in [2.24, 2.45) is 10.9 Å². The Labute approximate surface area is 170 Å². The topological polar surface area (TPSA) is 69.1 Å². The molecule has 1 saturated heterocycles. The van der Waals surface area contributed by atoms with Crippen LogP contribution in [-0.4, -0.2) is 73.5 Å². The van der Waals surface area contributed by atoms with Gasteiger partial charge in [-0.2, -0.15) is 0 Å². The lowest BCUT2D eigenvalue weighted by atomic mass is 9.80. The summed E-state index contributed by atoms with van der Waals surface area (Å²) in [4.78, 5) is 7.13. The Morgan fingerprint density at radius 3 is 2.44 bits per heavy atom. The van der Waals surface area contributed by atoms with E-state index in [1.54, 1.807) is 0 Å². The smallest absolute Gasteiger partial charge is 0.191 e. The number of rotatable bonds is 8. The van der Waals surface area contributed by atoms with Crippen LogP contribution < -0.4 is 10.6 Å². The first-order valence-electron chi connectivity index (χ1n) is 9.59. The average Bonchev–Trinajstić information content (AvgIpc) is 2.54. The van der Waals surface area contributed by atoms with Gasteiger partial charge in [-0.15, -0.1) is 24.0 Å². The number of hydrogen-bond acceptors (Lipinski definition) is 4. The lowest BCUT2D eigenvalue weighted by molar-refractivity contribution is -0.0236. The predicted octanol–water partition coefficient (Wildman–Crippen LogP) is 1.82. The highest BCUT2D eigenvalue weighted by Gasteiger charge is 2.34. The van der Waals surface area contributed by atoms with Crippen molar-refractivity contribution in [3.63, 3.8) is 0 Å². The van der Waals surface area contributed by atoms with Gasteiger partial charge in [-0.25, -0.2) is 0 Å². The van der Waals surface area contributed by atoms with Crippen LogP contribution in [0.15, 0.2) is 4.99 Å². The van der Waals surface area contributed by atoms with Crippen LogP contribution in [0.3, 0.4) is 0 Å². The Bertz CT molecular complexity index is 397. The van der Waals surface area contributed by atoms with Gasteiger partial charge < -0.3 is 20.5 Å². The molecule has 0 bridgehead atoms. The first-order chi connectivity index (χ1) is 11.5. The second-order valence-electron chi connectivity index (χ2n) is 7.59. The van der Waals surface area contributed by atoms with Gasteiger partial charge in [-0.05, 0) is 38.5 Å². The zero-order chi connectivity index (χ0) is 17.4. The Morgan fingerprint density at radius 2 is 1.92 bits per heavy atom. The molecule has 0 spiro atoms. The van der Waals surface area contributed by atoms with Gasteiger partial charge in [0, 0.05) is 32.2 Å². The SMILES string of the molecule is CCNC(=NCC1(O)CCC1)NCC(CC(C)C)N1CCOCC1.I. The third-order valence-electron chi connectivity index (χ3n) is 4.97. The number of aliphatic imine (C=N–C) groups is 1. The molecule has 1 aliphatic carbocycles. The summed E-state index contributed by atoms with van der Waals surface area (Å²) in [5.74, 6) is 1.48. The molecule has 0 aromatic carbocycles. The molecule has 1 aliphatic heterocycles. The second kappa shape index (κ2) is 11.6. The zero-order valence-corrected chi connectivity index (χ0v) is 18.4. The summed E-state index contributed by atoms with van der Waals surface area (Å²) in [5, 5.41) is 17.0. The highest BCUT2D eigenvalue weighted by molar-refractivity contribution is 14.0. The van der Waals surface area contributed by atoms with E-state index in [0.29, 0.717) is 18.5 Å². The molecular weight excluding hydrogens is 431 g/mol. The molecule has 2 rings (SSSR count). The molecular formula is C18H37IN4O2. The highest BCUT2D eigenvalue weighted by Crippen LogP contribution is 2.31. The molecule has 0 radical (unpaired) electrons. The fraction of sp³-hybridized carbons (Fsp3) is 0.944. The van der Waals surface area contributed by atoms with Gasteiger partial charge in [-0.1, -0.05) is 13.8 Å². The molecule has 25 heavy (non-hydrogen) atoms. The first-order valence-corrected chi connectivity index (χ1v) is 9.59. The van der Waals surface area contributed by atoms with Crippen molar-refractivity contribution in [2.45, 2.75) is 58.1 Å². The van der Waals surface area contributed by atoms with Crippen molar-refractivity contribution in [2.75, 3.05) is 45.9 Å². The number of morpholine rings is 1. The van der Waals surface area contributed by atoms with Gasteiger partial charge >= 0.3 is 0 Å². The van der Waals surface area contributed by atoms with Gasteiger partial charge in [0.2, 0.25) is 0 Å². The minimum absolute atomic E-state index is 0. The third-order valence-corrected chi connectivity index (χ3v) is 4.97. The Morgan fingerprint density at radius 1 is 1.24 bits per heavy atom. The summed E-state index contributed by atoms with van der Waals surface area (Å²) in [6.45, 7) is 12.5. The number of aliphatic hydroxyl groups is 1. The summed E-state index contributed by atoms with van der Waals surface area (Å²) in [6, 6.07) is 0.490. The van der Waals surface area contributed by atoms with Crippen LogP contribution in [0.1, 0.15) is 46.5 Å². The quantitative estimate of drug-likeness (QED) is 0.288. The summed E-state index contributed by atoms with van der Waals surface area (Å²) >= 11 is 0. The monoisotopic (exact) mass is 468 g/mol. The van der Waals surface area contributed by atoms with Crippen molar-refractivity contribution in [3.05, 3.63) is 0 Å². The normalized spacial score (nSPS) is 22.0. The highest BCUT2D eigenvalue weighted by atomic mass is 127. The molecule has 3 N–H and O–H groups in total. The molecule has 1 heterocycles. The molecule has 1 unspecified atom stereocenters. The summed E-state index contributed by atoms with van der Waals surface area (Å²) in [6.07, 6.45) is 4.03. The zero-order valence-electron chi connectivity index (χ0n) is 16.1. The molecule has 148 valence electrons. The van der Waals surface area contributed by atoms with E-state index in [1.165, 1.54) is 0 Å². The Hall–Kier alpha value is -0.120. The van der Waals surface area contributed by atoms with Crippen molar-refractivity contribution in [3.8, 4) is 0 Å². The van der Waals surface area contributed by atoms with Crippen LogP contribution in [0.25, 0.3) is 0 Å². The molecule has 0 amide bonds. The van der Waals surface area contributed by atoms with Crippen molar-refractivity contribution in [1.82, 2.24) is 15.5 Å². The maximum atomic E-state index is 10.2. The fourth-order valence-corrected chi connectivity index (χ4v) is 3.37. The van der Waals surface area contributed by atoms with E-state index in [0.717, 1.165) is 71.0 Å². The van der Waals surface area contributed by atoms with Crippen molar-refractivity contribution in [1.29, 1.82) is 0 Å². The minimum atomic E-state index is -0.566. The van der Waals surface area contributed by atoms with Gasteiger partial charge in [0.15, 0.2) is 5.96 Å². The molecule has 2 aliphatic rings. The molecule has 1 atom stereocenters.